The minimum Gasteiger partial charge on any atom is -0.506 e. The fourth-order valence-electron chi connectivity index (χ4n) is 0.887. The van der Waals surface area contributed by atoms with Crippen molar-refractivity contribution >= 4 is 17.3 Å². The lowest BCUT2D eigenvalue weighted by atomic mass is 10.1. The molecule has 12 heavy (non-hydrogen) atoms. The van der Waals surface area contributed by atoms with Gasteiger partial charge in [0.05, 0.1) is 10.7 Å². The Morgan fingerprint density at radius 1 is 1.50 bits per heavy atom. The summed E-state index contributed by atoms with van der Waals surface area (Å²) in [6.45, 7) is 1.81. The smallest absolute Gasteiger partial charge is 0.140 e. The van der Waals surface area contributed by atoms with Crippen molar-refractivity contribution in [1.29, 1.82) is 0 Å². The van der Waals surface area contributed by atoms with Gasteiger partial charge in [0.25, 0.3) is 0 Å². The summed E-state index contributed by atoms with van der Waals surface area (Å²) in [6, 6.07) is 3.02. The van der Waals surface area contributed by atoms with Gasteiger partial charge in [0.2, 0.25) is 0 Å². The van der Waals surface area contributed by atoms with Crippen molar-refractivity contribution in [1.82, 2.24) is 0 Å². The van der Waals surface area contributed by atoms with Gasteiger partial charge in [-0.05, 0) is 24.6 Å². The van der Waals surface area contributed by atoms with E-state index in [-0.39, 0.29) is 17.5 Å². The van der Waals surface area contributed by atoms with Gasteiger partial charge in [0, 0.05) is 6.04 Å². The highest BCUT2D eigenvalue weighted by molar-refractivity contribution is 6.33. The molecule has 0 saturated carbocycles. The number of nitrogens with two attached hydrogens (primary N) is 2. The number of phenolic OH excluding ortho intramolecular Hbond substituents is 1. The van der Waals surface area contributed by atoms with Crippen molar-refractivity contribution in [2.45, 2.75) is 13.0 Å². The first-order valence-corrected chi connectivity index (χ1v) is 3.93. The monoisotopic (exact) mass is 186 g/mol. The van der Waals surface area contributed by atoms with Crippen LogP contribution in [0.25, 0.3) is 0 Å². The fraction of sp³-hybridized carbons (Fsp3) is 0.250. The third-order valence-electron chi connectivity index (χ3n) is 1.66. The van der Waals surface area contributed by atoms with Crippen molar-refractivity contribution in [2.24, 2.45) is 5.73 Å². The summed E-state index contributed by atoms with van der Waals surface area (Å²) >= 11 is 5.72. The molecule has 1 atom stereocenters. The Balaban J connectivity index is 3.21. The van der Waals surface area contributed by atoms with Crippen LogP contribution in [-0.4, -0.2) is 5.11 Å². The Morgan fingerprint density at radius 2 is 2.08 bits per heavy atom. The van der Waals surface area contributed by atoms with E-state index in [1.54, 1.807) is 13.0 Å². The van der Waals surface area contributed by atoms with E-state index in [4.69, 9.17) is 23.1 Å². The number of aromatic hydroxyl groups is 1. The fourth-order valence-corrected chi connectivity index (χ4v) is 1.11. The minimum absolute atomic E-state index is 0.0187. The van der Waals surface area contributed by atoms with Crippen LogP contribution < -0.4 is 11.5 Å². The van der Waals surface area contributed by atoms with Gasteiger partial charge in [0.1, 0.15) is 5.75 Å². The van der Waals surface area contributed by atoms with E-state index in [0.29, 0.717) is 5.02 Å². The Kier molecular flexibility index (Phi) is 2.45. The van der Waals surface area contributed by atoms with Gasteiger partial charge < -0.3 is 16.6 Å². The third kappa shape index (κ3) is 1.62. The van der Waals surface area contributed by atoms with Crippen molar-refractivity contribution < 1.29 is 5.11 Å². The number of rotatable bonds is 1. The quantitative estimate of drug-likeness (QED) is 0.461. The van der Waals surface area contributed by atoms with Gasteiger partial charge in [-0.3, -0.25) is 0 Å². The summed E-state index contributed by atoms with van der Waals surface area (Å²) in [5, 5.41) is 9.60. The largest absolute Gasteiger partial charge is 0.506 e. The number of benzene rings is 1. The molecule has 0 aromatic heterocycles. The Hall–Kier alpha value is -0.930. The molecule has 0 aliphatic rings. The topological polar surface area (TPSA) is 72.3 Å². The molecule has 0 amide bonds. The van der Waals surface area contributed by atoms with E-state index in [0.717, 1.165) is 5.56 Å². The molecule has 0 bridgehead atoms. The molecule has 1 aromatic carbocycles. The molecule has 4 heteroatoms. The Labute approximate surface area is 75.9 Å². The molecule has 1 aromatic rings. The highest BCUT2D eigenvalue weighted by atomic mass is 35.5. The summed E-state index contributed by atoms with van der Waals surface area (Å²) in [4.78, 5) is 0. The van der Waals surface area contributed by atoms with E-state index in [2.05, 4.69) is 0 Å². The van der Waals surface area contributed by atoms with Crippen LogP contribution in [0, 0.1) is 0 Å². The van der Waals surface area contributed by atoms with Crippen LogP contribution in [-0.2, 0) is 0 Å². The van der Waals surface area contributed by atoms with Gasteiger partial charge in [-0.25, -0.2) is 0 Å². The summed E-state index contributed by atoms with van der Waals surface area (Å²) in [5.41, 5.74) is 12.0. The number of hydrogen-bond donors (Lipinski definition) is 3. The maximum Gasteiger partial charge on any atom is 0.140 e. The van der Waals surface area contributed by atoms with E-state index in [1.807, 2.05) is 0 Å². The van der Waals surface area contributed by atoms with Crippen LogP contribution in [0.2, 0.25) is 5.02 Å². The summed E-state index contributed by atoms with van der Waals surface area (Å²) in [6.07, 6.45) is 0. The zero-order chi connectivity index (χ0) is 9.30. The Morgan fingerprint density at radius 3 is 2.50 bits per heavy atom. The number of nitrogen functional groups attached to an aromatic ring is 1. The maximum absolute atomic E-state index is 9.26. The normalized spacial score (nSPS) is 12.9. The molecular weight excluding hydrogens is 176 g/mol. The third-order valence-corrected chi connectivity index (χ3v) is 1.97. The molecule has 0 spiro atoms. The van der Waals surface area contributed by atoms with E-state index in [9.17, 15) is 5.11 Å². The SMILES string of the molecule is CC(N)c1cc(O)c(N)c(Cl)c1. The lowest BCUT2D eigenvalue weighted by Crippen LogP contribution is -2.05. The highest BCUT2D eigenvalue weighted by Crippen LogP contribution is 2.31. The number of anilines is 1. The van der Waals surface area contributed by atoms with Gasteiger partial charge in [-0.2, -0.15) is 0 Å². The van der Waals surface area contributed by atoms with Crippen LogP contribution in [0.4, 0.5) is 5.69 Å². The summed E-state index contributed by atoms with van der Waals surface area (Å²) in [7, 11) is 0. The van der Waals surface area contributed by atoms with Crippen LogP contribution in [0.5, 0.6) is 5.75 Å². The molecule has 0 fully saturated rings. The van der Waals surface area contributed by atoms with Crippen molar-refractivity contribution in [3.63, 3.8) is 0 Å². The van der Waals surface area contributed by atoms with Gasteiger partial charge in [-0.15, -0.1) is 0 Å². The maximum atomic E-state index is 9.26. The summed E-state index contributed by atoms with van der Waals surface area (Å²) in [5.74, 6) is -0.0187. The van der Waals surface area contributed by atoms with Gasteiger partial charge in [0.15, 0.2) is 0 Å². The van der Waals surface area contributed by atoms with Gasteiger partial charge in [-0.1, -0.05) is 11.6 Å². The average Bonchev–Trinajstić information content (AvgIpc) is 1.99. The molecule has 0 aliphatic heterocycles. The lowest BCUT2D eigenvalue weighted by molar-refractivity contribution is 0.476. The molecule has 0 heterocycles. The molecule has 0 saturated heterocycles. The van der Waals surface area contributed by atoms with Crippen LogP contribution >= 0.6 is 11.6 Å². The van der Waals surface area contributed by atoms with Crippen LogP contribution in [0.3, 0.4) is 0 Å². The molecule has 3 nitrogen and oxygen atoms in total. The predicted molar refractivity (Wildman–Crippen MR) is 50.1 cm³/mol. The second-order valence-electron chi connectivity index (χ2n) is 2.72. The number of hydrogen-bond acceptors (Lipinski definition) is 3. The first-order chi connectivity index (χ1) is 5.52. The van der Waals surface area contributed by atoms with Crippen LogP contribution in [0.15, 0.2) is 12.1 Å². The standard InChI is InChI=1S/C8H11ClN2O/c1-4(10)5-2-6(9)8(11)7(12)3-5/h2-4,12H,10-11H2,1H3. The average molecular weight is 187 g/mol. The minimum atomic E-state index is -0.158. The molecule has 5 N–H and O–H groups in total. The highest BCUT2D eigenvalue weighted by Gasteiger charge is 2.07. The second kappa shape index (κ2) is 3.21. The zero-order valence-electron chi connectivity index (χ0n) is 6.71. The predicted octanol–water partition coefficient (Wildman–Crippen LogP) is 1.65. The number of phenols is 1. The second-order valence-corrected chi connectivity index (χ2v) is 3.13. The van der Waals surface area contributed by atoms with Crippen LogP contribution in [0.1, 0.15) is 18.5 Å². The molecule has 0 radical (unpaired) electrons. The molecule has 1 unspecified atom stereocenters. The molecular formula is C8H11ClN2O. The molecule has 1 rings (SSSR count). The van der Waals surface area contributed by atoms with E-state index < -0.39 is 0 Å². The van der Waals surface area contributed by atoms with E-state index in [1.165, 1.54) is 6.07 Å². The lowest BCUT2D eigenvalue weighted by Gasteiger charge is -2.08. The first-order valence-electron chi connectivity index (χ1n) is 3.56. The van der Waals surface area contributed by atoms with Crippen molar-refractivity contribution in [3.8, 4) is 5.75 Å². The number of halogens is 1. The first kappa shape index (κ1) is 9.16. The zero-order valence-corrected chi connectivity index (χ0v) is 7.47. The molecule has 0 aliphatic carbocycles. The van der Waals surface area contributed by atoms with Crippen molar-refractivity contribution in [2.75, 3.05) is 5.73 Å². The summed E-state index contributed by atoms with van der Waals surface area (Å²) < 4.78 is 0. The van der Waals surface area contributed by atoms with E-state index >= 15 is 0 Å². The Bertz CT molecular complexity index is 276. The van der Waals surface area contributed by atoms with Gasteiger partial charge >= 0.3 is 0 Å². The van der Waals surface area contributed by atoms with Crippen molar-refractivity contribution in [3.05, 3.63) is 22.7 Å². The molecule has 66 valence electrons.